The summed E-state index contributed by atoms with van der Waals surface area (Å²) in [6.45, 7) is 8.49. The van der Waals surface area contributed by atoms with Crippen molar-refractivity contribution in [3.63, 3.8) is 0 Å². The highest BCUT2D eigenvalue weighted by atomic mass is 32.2. The van der Waals surface area contributed by atoms with E-state index in [9.17, 15) is 10.2 Å². The van der Waals surface area contributed by atoms with Crippen molar-refractivity contribution in [2.24, 2.45) is 16.6 Å². The van der Waals surface area contributed by atoms with Gasteiger partial charge in [-0.25, -0.2) is 4.79 Å². The largest absolute Gasteiger partial charge is 0.443 e. The highest BCUT2D eigenvalue weighted by Gasteiger charge is 2.36. The van der Waals surface area contributed by atoms with Crippen molar-refractivity contribution in [2.75, 3.05) is 43.3 Å². The van der Waals surface area contributed by atoms with Gasteiger partial charge >= 0.3 is 6.09 Å². The van der Waals surface area contributed by atoms with Crippen molar-refractivity contribution in [1.82, 2.24) is 14.7 Å². The zero-order valence-electron chi connectivity index (χ0n) is 26.5. The van der Waals surface area contributed by atoms with Crippen LogP contribution in [0, 0.1) is 11.3 Å². The summed E-state index contributed by atoms with van der Waals surface area (Å²) >= 11 is 3.54. The predicted molar refractivity (Wildman–Crippen MR) is 183 cm³/mol. The first-order chi connectivity index (χ1) is 20.7. The summed E-state index contributed by atoms with van der Waals surface area (Å²) in [4.78, 5) is 24.4. The van der Waals surface area contributed by atoms with Gasteiger partial charge in [-0.2, -0.15) is 11.8 Å². The third-order valence-electron chi connectivity index (χ3n) is 8.96. The van der Waals surface area contributed by atoms with Gasteiger partial charge in [0.15, 0.2) is 0 Å². The lowest BCUT2D eigenvalue weighted by Gasteiger charge is -2.39. The van der Waals surface area contributed by atoms with Crippen LogP contribution in [-0.2, 0) is 11.3 Å². The van der Waals surface area contributed by atoms with Crippen molar-refractivity contribution in [1.29, 1.82) is 5.41 Å². The summed E-state index contributed by atoms with van der Waals surface area (Å²) in [6, 6.07) is 10.5. The number of hydrogen-bond acceptors (Lipinski definition) is 7. The summed E-state index contributed by atoms with van der Waals surface area (Å²) in [5.41, 5.74) is 7.47. The van der Waals surface area contributed by atoms with E-state index < -0.39 is 5.60 Å². The minimum atomic E-state index is -0.531. The number of nitrogens with one attached hydrogen (secondary N) is 1. The molecule has 2 aliphatic heterocycles. The van der Waals surface area contributed by atoms with Gasteiger partial charge in [-0.05, 0) is 76.7 Å². The minimum Gasteiger partial charge on any atom is -0.443 e. The number of benzene rings is 1. The van der Waals surface area contributed by atoms with Gasteiger partial charge in [0.1, 0.15) is 29.4 Å². The Morgan fingerprint density at radius 2 is 2.00 bits per heavy atom. The number of amides is 1. The summed E-state index contributed by atoms with van der Waals surface area (Å²) in [5, 5.41) is 9.27. The lowest BCUT2D eigenvalue weighted by atomic mass is 9.98. The standard InChI is InChI=1S/C33H52N6O2S2/c1-5-33(2,3)41-32(40)39-24-43-23-29(39)30(34)36-28(22-42-21-26-14-10-7-11-15-26)31(35)38-18-16-27(17-19-38)37(4)20-25-12-8-6-9-13-25/h6,8-10,12-14,26-29,35H,5,7,11,15-24H2,1-4H3,(H2,34,36)/t26?,28-,29-/m0/s1. The number of nitrogens with two attached hydrogens (primary N) is 1. The maximum Gasteiger partial charge on any atom is 0.411 e. The molecule has 10 heteroatoms. The summed E-state index contributed by atoms with van der Waals surface area (Å²) in [5.74, 6) is 4.54. The molecule has 0 bridgehead atoms. The monoisotopic (exact) mass is 628 g/mol. The molecule has 1 unspecified atom stereocenters. The Bertz CT molecular complexity index is 1110. The first-order valence-corrected chi connectivity index (χ1v) is 18.2. The zero-order valence-corrected chi connectivity index (χ0v) is 28.2. The molecule has 0 aromatic heterocycles. The molecule has 2 saturated heterocycles. The van der Waals surface area contributed by atoms with E-state index >= 15 is 0 Å². The Balaban J connectivity index is 1.41. The zero-order chi connectivity index (χ0) is 30.8. The maximum atomic E-state index is 13.1. The molecule has 238 valence electrons. The molecule has 2 fully saturated rings. The van der Waals surface area contributed by atoms with Gasteiger partial charge in [0.25, 0.3) is 0 Å². The van der Waals surface area contributed by atoms with Crippen molar-refractivity contribution >= 4 is 41.3 Å². The molecule has 2 heterocycles. The summed E-state index contributed by atoms with van der Waals surface area (Å²) < 4.78 is 5.80. The number of nitrogens with zero attached hydrogens (tertiary/aromatic N) is 4. The van der Waals surface area contributed by atoms with Crippen molar-refractivity contribution < 1.29 is 9.53 Å². The number of amidine groups is 2. The van der Waals surface area contributed by atoms with Crippen LogP contribution in [0.3, 0.4) is 0 Å². The molecular formula is C33H52N6O2S2. The molecule has 1 aliphatic carbocycles. The quantitative estimate of drug-likeness (QED) is 0.165. The Morgan fingerprint density at radius 3 is 2.67 bits per heavy atom. The number of thioether (sulfide) groups is 2. The van der Waals surface area contributed by atoms with Gasteiger partial charge in [-0.3, -0.25) is 20.2 Å². The molecule has 0 radical (unpaired) electrons. The van der Waals surface area contributed by atoms with Crippen molar-refractivity contribution in [3.8, 4) is 0 Å². The number of piperidine rings is 1. The van der Waals surface area contributed by atoms with E-state index in [4.69, 9.17) is 15.5 Å². The van der Waals surface area contributed by atoms with Crippen LogP contribution in [0.15, 0.2) is 47.5 Å². The fourth-order valence-electron chi connectivity index (χ4n) is 5.79. The van der Waals surface area contributed by atoms with E-state index in [1.165, 1.54) is 24.8 Å². The van der Waals surface area contributed by atoms with E-state index in [2.05, 4.69) is 59.3 Å². The molecule has 4 rings (SSSR count). The van der Waals surface area contributed by atoms with Gasteiger partial charge < -0.3 is 15.4 Å². The van der Waals surface area contributed by atoms with Gasteiger partial charge in [0.05, 0.1) is 5.88 Å². The number of rotatable bonds is 12. The number of likely N-dealkylation sites (tertiary alicyclic amines) is 1. The average Bonchev–Trinajstić information content (AvgIpc) is 3.52. The second kappa shape index (κ2) is 16.2. The lowest BCUT2D eigenvalue weighted by molar-refractivity contribution is 0.0139. The van der Waals surface area contributed by atoms with Crippen LogP contribution in [0.4, 0.5) is 4.79 Å². The first-order valence-electron chi connectivity index (χ1n) is 15.9. The predicted octanol–water partition coefficient (Wildman–Crippen LogP) is 6.08. The number of aliphatic imine (C=N–C) groups is 1. The van der Waals surface area contributed by atoms with E-state index in [0.29, 0.717) is 41.0 Å². The SMILES string of the molecule is CCC(C)(C)OC(=O)N1CSC[C@H]1C(N)=N[C@@H](CSCC1C=CCCC1)C(=N)N1CCC(N(C)Cc2ccccc2)CC1. The van der Waals surface area contributed by atoms with Gasteiger partial charge in [-0.1, -0.05) is 49.4 Å². The molecule has 0 saturated carbocycles. The Morgan fingerprint density at radius 1 is 1.26 bits per heavy atom. The number of carbonyl (C=O) groups is 1. The molecule has 1 aromatic carbocycles. The molecule has 3 N–H and O–H groups in total. The fraction of sp³-hybridized carbons (Fsp3) is 0.667. The third-order valence-corrected chi connectivity index (χ3v) is 11.2. The van der Waals surface area contributed by atoms with E-state index in [1.807, 2.05) is 32.5 Å². The minimum absolute atomic E-state index is 0.316. The normalized spacial score (nSPS) is 22.7. The van der Waals surface area contributed by atoms with Gasteiger partial charge in [0.2, 0.25) is 0 Å². The average molecular weight is 629 g/mol. The van der Waals surface area contributed by atoms with Crippen LogP contribution in [0.1, 0.15) is 64.9 Å². The molecule has 3 atom stereocenters. The molecule has 8 nitrogen and oxygen atoms in total. The van der Waals surface area contributed by atoms with Gasteiger partial charge in [-0.15, -0.1) is 11.8 Å². The number of carbonyl (C=O) groups excluding carboxylic acids is 1. The van der Waals surface area contributed by atoms with Crippen LogP contribution in [-0.4, -0.2) is 99.5 Å². The highest BCUT2D eigenvalue weighted by Crippen LogP contribution is 2.27. The molecule has 0 spiro atoms. The molecule has 3 aliphatic rings. The Hall–Kier alpha value is -2.17. The van der Waals surface area contributed by atoms with Crippen LogP contribution in [0.5, 0.6) is 0 Å². The smallest absolute Gasteiger partial charge is 0.411 e. The Labute approximate surface area is 267 Å². The molecule has 1 aromatic rings. The lowest BCUT2D eigenvalue weighted by Crippen LogP contribution is -2.50. The maximum absolute atomic E-state index is 13.1. The highest BCUT2D eigenvalue weighted by molar-refractivity contribution is 7.99. The van der Waals surface area contributed by atoms with Gasteiger partial charge in [0, 0.05) is 37.2 Å². The second-order valence-electron chi connectivity index (χ2n) is 12.7. The van der Waals surface area contributed by atoms with Crippen LogP contribution in [0.25, 0.3) is 0 Å². The second-order valence-corrected chi connectivity index (χ2v) is 14.8. The van der Waals surface area contributed by atoms with Crippen molar-refractivity contribution in [2.45, 2.75) is 89.6 Å². The van der Waals surface area contributed by atoms with E-state index in [1.54, 1.807) is 16.7 Å². The summed E-state index contributed by atoms with van der Waals surface area (Å²) in [6.07, 6.45) is 10.7. The molecule has 43 heavy (non-hydrogen) atoms. The van der Waals surface area contributed by atoms with E-state index in [0.717, 1.165) is 44.6 Å². The van der Waals surface area contributed by atoms with Crippen LogP contribution >= 0.6 is 23.5 Å². The molecule has 1 amide bonds. The summed E-state index contributed by atoms with van der Waals surface area (Å²) in [7, 11) is 2.21. The number of hydrogen-bond donors (Lipinski definition) is 2. The fourth-order valence-corrected chi connectivity index (χ4v) is 8.12. The van der Waals surface area contributed by atoms with Crippen LogP contribution in [0.2, 0.25) is 0 Å². The number of allylic oxidation sites excluding steroid dienone is 2. The topological polar surface area (TPSA) is 98.2 Å². The first kappa shape index (κ1) is 33.7. The van der Waals surface area contributed by atoms with Crippen molar-refractivity contribution in [3.05, 3.63) is 48.0 Å². The van der Waals surface area contributed by atoms with E-state index in [-0.39, 0.29) is 18.2 Å². The Kier molecular flexibility index (Phi) is 12.7. The third kappa shape index (κ3) is 9.91. The molecular weight excluding hydrogens is 577 g/mol. The number of ether oxygens (including phenoxy) is 1. The van der Waals surface area contributed by atoms with Crippen LogP contribution < -0.4 is 5.73 Å².